The van der Waals surface area contributed by atoms with Gasteiger partial charge in [-0.2, -0.15) is 0 Å². The number of carbonyl (C=O) groups excluding carboxylic acids is 1. The third-order valence-corrected chi connectivity index (χ3v) is 3.86. The van der Waals surface area contributed by atoms with Gasteiger partial charge >= 0.3 is 0 Å². The zero-order chi connectivity index (χ0) is 14.8. The van der Waals surface area contributed by atoms with Gasteiger partial charge in [0, 0.05) is 13.1 Å². The van der Waals surface area contributed by atoms with Crippen molar-refractivity contribution in [1.82, 2.24) is 4.90 Å². The highest BCUT2D eigenvalue weighted by Crippen LogP contribution is 2.31. The van der Waals surface area contributed by atoms with Crippen molar-refractivity contribution in [3.8, 4) is 11.5 Å². The van der Waals surface area contributed by atoms with E-state index >= 15 is 0 Å². The Balaban J connectivity index is 1.58. The Morgan fingerprint density at radius 2 is 2.05 bits per heavy atom. The fraction of sp³-hybridized carbons (Fsp3) is 0.533. The van der Waals surface area contributed by atoms with Crippen LogP contribution < -0.4 is 15.2 Å². The molecular weight excluding hydrogens is 272 g/mol. The lowest BCUT2D eigenvalue weighted by Gasteiger charge is -2.30. The Labute approximate surface area is 123 Å². The van der Waals surface area contributed by atoms with Crippen LogP contribution in [0.1, 0.15) is 0 Å². The minimum absolute atomic E-state index is 0.00228. The number of hydrogen-bond acceptors (Lipinski definition) is 5. The summed E-state index contributed by atoms with van der Waals surface area (Å²) in [6.45, 7) is 1.74. The van der Waals surface area contributed by atoms with Crippen molar-refractivity contribution < 1.29 is 19.0 Å². The van der Waals surface area contributed by atoms with Crippen molar-refractivity contribution in [2.24, 2.45) is 11.7 Å². The minimum atomic E-state index is -0.258. The van der Waals surface area contributed by atoms with Crippen molar-refractivity contribution in [3.05, 3.63) is 24.3 Å². The summed E-state index contributed by atoms with van der Waals surface area (Å²) in [5, 5.41) is 0. The maximum atomic E-state index is 12.3. The lowest BCUT2D eigenvalue weighted by molar-refractivity contribution is -0.135. The zero-order valence-electron chi connectivity index (χ0n) is 12.0. The largest absolute Gasteiger partial charge is 0.486 e. The molecule has 1 aromatic carbocycles. The average Bonchev–Trinajstić information content (AvgIpc) is 2.92. The second kappa shape index (κ2) is 5.91. The molecule has 6 heteroatoms. The molecule has 3 unspecified atom stereocenters. The van der Waals surface area contributed by atoms with Gasteiger partial charge in [0.05, 0.1) is 25.7 Å². The third kappa shape index (κ3) is 2.96. The van der Waals surface area contributed by atoms with Crippen LogP contribution in [0.3, 0.4) is 0 Å². The van der Waals surface area contributed by atoms with Gasteiger partial charge in [0.25, 0.3) is 0 Å². The SMILES string of the molecule is CN(CC1COc2ccccc2O1)C(=O)C1COCC1N. The molecule has 1 fully saturated rings. The molecule has 0 saturated carbocycles. The Kier molecular flexibility index (Phi) is 3.98. The van der Waals surface area contributed by atoms with E-state index in [0.717, 1.165) is 11.5 Å². The Morgan fingerprint density at radius 3 is 2.76 bits per heavy atom. The molecule has 1 amide bonds. The maximum Gasteiger partial charge on any atom is 0.229 e. The Hall–Kier alpha value is -1.79. The first-order valence-corrected chi connectivity index (χ1v) is 7.12. The van der Waals surface area contributed by atoms with Crippen LogP contribution in [-0.4, -0.2) is 56.4 Å². The molecule has 21 heavy (non-hydrogen) atoms. The number of hydrogen-bond donors (Lipinski definition) is 1. The van der Waals surface area contributed by atoms with Gasteiger partial charge in [0.2, 0.25) is 5.91 Å². The highest BCUT2D eigenvalue weighted by molar-refractivity contribution is 5.79. The molecule has 0 spiro atoms. The molecule has 1 aromatic rings. The van der Waals surface area contributed by atoms with Crippen molar-refractivity contribution >= 4 is 5.91 Å². The molecule has 0 aliphatic carbocycles. The van der Waals surface area contributed by atoms with Crippen LogP contribution >= 0.6 is 0 Å². The topological polar surface area (TPSA) is 74.0 Å². The molecule has 0 aromatic heterocycles. The van der Waals surface area contributed by atoms with Gasteiger partial charge in [-0.3, -0.25) is 4.79 Å². The van der Waals surface area contributed by atoms with Crippen LogP contribution in [0.2, 0.25) is 0 Å². The maximum absolute atomic E-state index is 12.3. The van der Waals surface area contributed by atoms with Crippen LogP contribution in [0.25, 0.3) is 0 Å². The van der Waals surface area contributed by atoms with Crippen molar-refractivity contribution in [1.29, 1.82) is 0 Å². The van der Waals surface area contributed by atoms with Crippen LogP contribution in [0.5, 0.6) is 11.5 Å². The first kappa shape index (κ1) is 14.2. The molecule has 3 atom stereocenters. The van der Waals surface area contributed by atoms with Gasteiger partial charge in [-0.25, -0.2) is 0 Å². The summed E-state index contributed by atoms with van der Waals surface area (Å²) in [5.74, 6) is 1.21. The van der Waals surface area contributed by atoms with E-state index in [0.29, 0.717) is 26.4 Å². The van der Waals surface area contributed by atoms with E-state index in [1.807, 2.05) is 24.3 Å². The molecule has 0 bridgehead atoms. The average molecular weight is 292 g/mol. The molecule has 114 valence electrons. The molecule has 2 heterocycles. The van der Waals surface area contributed by atoms with Crippen LogP contribution in [0.4, 0.5) is 0 Å². The second-order valence-electron chi connectivity index (χ2n) is 5.52. The van der Waals surface area contributed by atoms with Gasteiger partial charge in [-0.05, 0) is 12.1 Å². The smallest absolute Gasteiger partial charge is 0.229 e. The number of carbonyl (C=O) groups is 1. The Morgan fingerprint density at radius 1 is 1.29 bits per heavy atom. The summed E-state index contributed by atoms with van der Waals surface area (Å²) in [6.07, 6.45) is -0.174. The summed E-state index contributed by atoms with van der Waals surface area (Å²) in [6, 6.07) is 7.32. The number of likely N-dealkylation sites (N-methyl/N-ethyl adjacent to an activating group) is 1. The van der Waals surface area contributed by atoms with Gasteiger partial charge in [-0.1, -0.05) is 12.1 Å². The summed E-state index contributed by atoms with van der Waals surface area (Å²) >= 11 is 0. The lowest BCUT2D eigenvalue weighted by atomic mass is 10.0. The van der Waals surface area contributed by atoms with Crippen LogP contribution in [-0.2, 0) is 9.53 Å². The number of nitrogens with two attached hydrogens (primary N) is 1. The molecular formula is C15H20N2O4. The predicted octanol–water partition coefficient (Wildman–Crippen LogP) is 0.259. The molecule has 2 aliphatic heterocycles. The molecule has 0 radical (unpaired) electrons. The summed E-state index contributed by atoms with van der Waals surface area (Å²) in [7, 11) is 1.76. The lowest BCUT2D eigenvalue weighted by Crippen LogP contribution is -2.47. The first-order chi connectivity index (χ1) is 10.1. The van der Waals surface area contributed by atoms with Crippen LogP contribution in [0.15, 0.2) is 24.3 Å². The number of fused-ring (bicyclic) bond motifs is 1. The first-order valence-electron chi connectivity index (χ1n) is 7.12. The quantitative estimate of drug-likeness (QED) is 0.865. The Bertz CT molecular complexity index is 522. The number of nitrogens with zero attached hydrogens (tertiary/aromatic N) is 1. The third-order valence-electron chi connectivity index (χ3n) is 3.86. The number of ether oxygens (including phenoxy) is 3. The minimum Gasteiger partial charge on any atom is -0.486 e. The normalized spacial score (nSPS) is 27.4. The van der Waals surface area contributed by atoms with E-state index < -0.39 is 0 Å². The zero-order valence-corrected chi connectivity index (χ0v) is 12.0. The number of para-hydroxylation sites is 2. The van der Waals surface area contributed by atoms with Gasteiger partial charge in [0.1, 0.15) is 6.61 Å². The molecule has 2 N–H and O–H groups in total. The number of benzene rings is 1. The van der Waals surface area contributed by atoms with Crippen molar-refractivity contribution in [2.75, 3.05) is 33.4 Å². The fourth-order valence-corrected chi connectivity index (χ4v) is 2.66. The molecule has 2 aliphatic rings. The monoisotopic (exact) mass is 292 g/mol. The number of rotatable bonds is 3. The van der Waals surface area contributed by atoms with Gasteiger partial charge in [-0.15, -0.1) is 0 Å². The van der Waals surface area contributed by atoms with E-state index in [1.54, 1.807) is 11.9 Å². The van der Waals surface area contributed by atoms with Gasteiger partial charge < -0.3 is 24.8 Å². The standard InChI is InChI=1S/C15H20N2O4/c1-17(15(18)11-8-19-9-12(11)16)6-10-7-20-13-4-2-3-5-14(13)21-10/h2-5,10-12H,6-9,16H2,1H3. The highest BCUT2D eigenvalue weighted by atomic mass is 16.6. The summed E-state index contributed by atoms with van der Waals surface area (Å²) in [4.78, 5) is 14.0. The number of amides is 1. The van der Waals surface area contributed by atoms with E-state index in [2.05, 4.69) is 0 Å². The predicted molar refractivity (Wildman–Crippen MR) is 76.3 cm³/mol. The van der Waals surface area contributed by atoms with Crippen molar-refractivity contribution in [3.63, 3.8) is 0 Å². The van der Waals surface area contributed by atoms with Crippen LogP contribution in [0, 0.1) is 5.92 Å². The molecule has 6 nitrogen and oxygen atoms in total. The van der Waals surface area contributed by atoms with E-state index in [1.165, 1.54) is 0 Å². The van der Waals surface area contributed by atoms with Crippen molar-refractivity contribution in [2.45, 2.75) is 12.1 Å². The van der Waals surface area contributed by atoms with E-state index in [-0.39, 0.29) is 24.0 Å². The summed E-state index contributed by atoms with van der Waals surface area (Å²) in [5.41, 5.74) is 5.89. The van der Waals surface area contributed by atoms with Gasteiger partial charge in [0.15, 0.2) is 17.6 Å². The fourth-order valence-electron chi connectivity index (χ4n) is 2.66. The second-order valence-corrected chi connectivity index (χ2v) is 5.52. The van der Waals surface area contributed by atoms with E-state index in [9.17, 15) is 4.79 Å². The van der Waals surface area contributed by atoms with E-state index in [4.69, 9.17) is 19.9 Å². The highest BCUT2D eigenvalue weighted by Gasteiger charge is 2.34. The molecule has 1 saturated heterocycles. The summed E-state index contributed by atoms with van der Waals surface area (Å²) < 4.78 is 16.8. The molecule has 3 rings (SSSR count).